The first-order valence-electron chi connectivity index (χ1n) is 5.82. The monoisotopic (exact) mass is 250 g/mol. The molecule has 0 unspecified atom stereocenters. The lowest BCUT2D eigenvalue weighted by Crippen LogP contribution is -2.53. The van der Waals surface area contributed by atoms with Gasteiger partial charge in [0.1, 0.15) is 11.3 Å². The van der Waals surface area contributed by atoms with E-state index in [4.69, 9.17) is 0 Å². The second-order valence-electron chi connectivity index (χ2n) is 5.59. The summed E-state index contributed by atoms with van der Waals surface area (Å²) in [6, 6.07) is 6.19. The fourth-order valence-electron chi connectivity index (χ4n) is 1.97. The van der Waals surface area contributed by atoms with Crippen molar-refractivity contribution in [2.24, 2.45) is 0 Å². The van der Waals surface area contributed by atoms with Crippen LogP contribution in [0.2, 0.25) is 0 Å². The molecule has 1 heterocycles. The Labute approximate surface area is 106 Å². The van der Waals surface area contributed by atoms with Gasteiger partial charge in [0.05, 0.1) is 5.56 Å². The number of rotatable bonds is 1. The van der Waals surface area contributed by atoms with Crippen LogP contribution in [0.15, 0.2) is 24.3 Å². The molecule has 18 heavy (non-hydrogen) atoms. The molecule has 0 radical (unpaired) electrons. The summed E-state index contributed by atoms with van der Waals surface area (Å²) in [4.78, 5) is 0. The average molecular weight is 250 g/mol. The Kier molecular flexibility index (Phi) is 2.55. The molecule has 1 aromatic carbocycles. The zero-order valence-corrected chi connectivity index (χ0v) is 11.0. The quantitative estimate of drug-likeness (QED) is 0.590. The second kappa shape index (κ2) is 3.62. The van der Waals surface area contributed by atoms with Gasteiger partial charge in [0.25, 0.3) is 0 Å². The van der Waals surface area contributed by atoms with Crippen molar-refractivity contribution < 1.29 is 15.1 Å². The predicted molar refractivity (Wildman–Crippen MR) is 67.6 cm³/mol. The van der Waals surface area contributed by atoms with Crippen LogP contribution in [0.3, 0.4) is 0 Å². The van der Waals surface area contributed by atoms with Crippen molar-refractivity contribution in [2.75, 3.05) is 0 Å². The molecule has 0 bridgehead atoms. The first-order valence-corrected chi connectivity index (χ1v) is 5.82. The number of benzene rings is 1. The first kappa shape index (κ1) is 12.7. The van der Waals surface area contributed by atoms with Gasteiger partial charge in [-0.2, -0.15) is 0 Å². The molecule has 1 aliphatic rings. The number of hydroxylamine groups is 3. The predicted octanol–water partition coefficient (Wildman–Crippen LogP) is 1.91. The van der Waals surface area contributed by atoms with Gasteiger partial charge in [-0.1, -0.05) is 0 Å². The summed E-state index contributed by atoms with van der Waals surface area (Å²) in [6.45, 7) is 7.20. The molecule has 0 aliphatic carbocycles. The Morgan fingerprint density at radius 2 is 1.61 bits per heavy atom. The average Bonchev–Trinajstić information content (AvgIpc) is 2.41. The van der Waals surface area contributed by atoms with Gasteiger partial charge >= 0.3 is 5.84 Å². The van der Waals surface area contributed by atoms with Crippen LogP contribution in [0.1, 0.15) is 33.3 Å². The molecule has 1 aliphatic heterocycles. The van der Waals surface area contributed by atoms with Crippen LogP contribution in [0.25, 0.3) is 0 Å². The van der Waals surface area contributed by atoms with E-state index in [1.165, 1.54) is 12.1 Å². The molecule has 0 spiro atoms. The summed E-state index contributed by atoms with van der Waals surface area (Å²) in [5.41, 5.74) is -0.888. The van der Waals surface area contributed by atoms with Crippen LogP contribution in [-0.4, -0.2) is 37.0 Å². The van der Waals surface area contributed by atoms with Crippen molar-refractivity contribution in [3.8, 4) is 5.75 Å². The standard InChI is InChI=1S/C13H18N2O3/c1-12(2)13(3,4)15(18)11(14(12)17)9-5-7-10(16)8-6-9/h5-8,16-17H,1-4H3. The summed E-state index contributed by atoms with van der Waals surface area (Å²) in [5.74, 6) is 0.322. The second-order valence-corrected chi connectivity index (χ2v) is 5.59. The molecule has 2 N–H and O–H groups in total. The maximum Gasteiger partial charge on any atom is 0.313 e. The molecule has 0 amide bonds. The third-order valence-corrected chi connectivity index (χ3v) is 4.05. The Balaban J connectivity index is 2.57. The molecule has 5 heteroatoms. The number of amidine groups is 1. The topological polar surface area (TPSA) is 69.8 Å². The van der Waals surface area contributed by atoms with E-state index < -0.39 is 11.1 Å². The minimum Gasteiger partial charge on any atom is -0.714 e. The minimum atomic E-state index is -0.755. The molecular weight excluding hydrogens is 232 g/mol. The van der Waals surface area contributed by atoms with Crippen LogP contribution in [-0.2, 0) is 0 Å². The summed E-state index contributed by atoms with van der Waals surface area (Å²) >= 11 is 0. The van der Waals surface area contributed by atoms with Gasteiger partial charge in [-0.15, -0.1) is 5.06 Å². The number of phenols is 1. The van der Waals surface area contributed by atoms with E-state index in [-0.39, 0.29) is 11.6 Å². The van der Waals surface area contributed by atoms with Gasteiger partial charge in [0.15, 0.2) is 5.54 Å². The number of phenolic OH excluding ortho intramolecular Hbond substituents is 1. The third kappa shape index (κ3) is 1.47. The lowest BCUT2D eigenvalue weighted by Gasteiger charge is -2.33. The molecular formula is C13H18N2O3. The Morgan fingerprint density at radius 3 is 2.00 bits per heavy atom. The summed E-state index contributed by atoms with van der Waals surface area (Å²) in [7, 11) is 0. The van der Waals surface area contributed by atoms with Crippen molar-refractivity contribution in [1.82, 2.24) is 5.06 Å². The van der Waals surface area contributed by atoms with Gasteiger partial charge in [-0.25, -0.2) is 5.21 Å². The van der Waals surface area contributed by atoms with Gasteiger partial charge < -0.3 is 10.3 Å². The summed E-state index contributed by atoms with van der Waals surface area (Å²) in [5, 5.41) is 32.9. The molecule has 0 aromatic heterocycles. The van der Waals surface area contributed by atoms with E-state index >= 15 is 0 Å². The molecule has 1 aromatic rings. The number of hydrogen-bond acceptors (Lipinski definition) is 4. The lowest BCUT2D eigenvalue weighted by molar-refractivity contribution is -0.539. The lowest BCUT2D eigenvalue weighted by atomic mass is 9.84. The Hall–Kier alpha value is -1.75. The van der Waals surface area contributed by atoms with E-state index in [1.54, 1.807) is 26.0 Å². The highest BCUT2D eigenvalue weighted by atomic mass is 16.5. The normalized spacial score (nSPS) is 21.5. The number of hydrogen-bond donors (Lipinski definition) is 2. The van der Waals surface area contributed by atoms with Crippen molar-refractivity contribution in [3.05, 3.63) is 35.0 Å². The van der Waals surface area contributed by atoms with E-state index in [2.05, 4.69) is 0 Å². The van der Waals surface area contributed by atoms with Crippen LogP contribution < -0.4 is 0 Å². The van der Waals surface area contributed by atoms with Crippen molar-refractivity contribution >= 4 is 5.84 Å². The zero-order valence-electron chi connectivity index (χ0n) is 11.0. The molecule has 0 saturated heterocycles. The van der Waals surface area contributed by atoms with Crippen molar-refractivity contribution in [2.45, 2.75) is 38.8 Å². The Bertz CT molecular complexity index is 503. The van der Waals surface area contributed by atoms with Gasteiger partial charge in [-0.05, 0) is 52.0 Å². The fourth-order valence-corrected chi connectivity index (χ4v) is 1.97. The highest BCUT2D eigenvalue weighted by Gasteiger charge is 2.58. The largest absolute Gasteiger partial charge is 0.714 e. The van der Waals surface area contributed by atoms with Crippen molar-refractivity contribution in [3.63, 3.8) is 0 Å². The molecule has 0 atom stereocenters. The highest BCUT2D eigenvalue weighted by Crippen LogP contribution is 2.37. The molecule has 0 saturated carbocycles. The van der Waals surface area contributed by atoms with E-state index in [0.29, 0.717) is 5.56 Å². The zero-order chi connectivity index (χ0) is 13.7. The number of aromatic hydroxyl groups is 1. The van der Waals surface area contributed by atoms with Crippen LogP contribution in [0.5, 0.6) is 5.75 Å². The van der Waals surface area contributed by atoms with Gasteiger partial charge in [0, 0.05) is 0 Å². The van der Waals surface area contributed by atoms with Gasteiger partial charge in [0.2, 0.25) is 0 Å². The maximum atomic E-state index is 12.4. The molecule has 5 nitrogen and oxygen atoms in total. The maximum absolute atomic E-state index is 12.4. The highest BCUT2D eigenvalue weighted by molar-refractivity contribution is 5.96. The SMILES string of the molecule is CC1(C)N(O)C(c2ccc(O)cc2)=[N+]([O-])C1(C)C. The van der Waals surface area contributed by atoms with Crippen LogP contribution in [0.4, 0.5) is 0 Å². The van der Waals surface area contributed by atoms with Gasteiger partial charge in [-0.3, -0.25) is 4.74 Å². The van der Waals surface area contributed by atoms with Crippen molar-refractivity contribution in [1.29, 1.82) is 0 Å². The number of nitrogens with zero attached hydrogens (tertiary/aromatic N) is 2. The Morgan fingerprint density at radius 1 is 1.11 bits per heavy atom. The minimum absolute atomic E-state index is 0.123. The molecule has 0 fully saturated rings. The third-order valence-electron chi connectivity index (χ3n) is 4.05. The van der Waals surface area contributed by atoms with E-state index in [0.717, 1.165) is 9.80 Å². The summed E-state index contributed by atoms with van der Waals surface area (Å²) < 4.78 is 0.819. The smallest absolute Gasteiger partial charge is 0.313 e. The molecule has 2 rings (SSSR count). The molecule has 98 valence electrons. The summed E-state index contributed by atoms with van der Waals surface area (Å²) in [6.07, 6.45) is 0. The fraction of sp³-hybridized carbons (Fsp3) is 0.462. The van der Waals surface area contributed by atoms with E-state index in [9.17, 15) is 15.5 Å². The van der Waals surface area contributed by atoms with Crippen LogP contribution in [0, 0.1) is 5.21 Å². The first-order chi connectivity index (χ1) is 8.19. The van der Waals surface area contributed by atoms with E-state index in [1.807, 2.05) is 13.8 Å². The van der Waals surface area contributed by atoms with Crippen LogP contribution >= 0.6 is 0 Å².